The summed E-state index contributed by atoms with van der Waals surface area (Å²) < 4.78 is 0. The Morgan fingerprint density at radius 3 is 2.42 bits per heavy atom. The predicted octanol–water partition coefficient (Wildman–Crippen LogP) is 3.18. The Morgan fingerprint density at radius 1 is 0.885 bits per heavy atom. The van der Waals surface area contributed by atoms with Gasteiger partial charge in [-0.2, -0.15) is 0 Å². The van der Waals surface area contributed by atoms with Gasteiger partial charge in [0.25, 0.3) is 5.56 Å². The summed E-state index contributed by atoms with van der Waals surface area (Å²) in [7, 11) is 0. The predicted molar refractivity (Wildman–Crippen MR) is 103 cm³/mol. The molecule has 0 unspecified atom stereocenters. The average molecular weight is 345 g/mol. The Balaban J connectivity index is 1.37. The molecule has 0 spiro atoms. The number of hydrogen-bond acceptors (Lipinski definition) is 4. The molecule has 2 aromatic carbocycles. The van der Waals surface area contributed by atoms with Crippen molar-refractivity contribution in [3.8, 4) is 0 Å². The van der Waals surface area contributed by atoms with E-state index in [0.717, 1.165) is 48.3 Å². The highest BCUT2D eigenvalue weighted by molar-refractivity contribution is 5.78. The zero-order valence-corrected chi connectivity index (χ0v) is 14.3. The Hall–Kier alpha value is -3.15. The number of H-pyrrole nitrogens is 2. The van der Waals surface area contributed by atoms with Crippen LogP contribution in [0.25, 0.3) is 21.9 Å². The van der Waals surface area contributed by atoms with Gasteiger partial charge in [0.15, 0.2) is 0 Å². The van der Waals surface area contributed by atoms with Crippen molar-refractivity contribution in [3.05, 3.63) is 64.7 Å². The largest absolute Gasteiger partial charge is 0.342 e. The molecule has 6 nitrogen and oxygen atoms in total. The van der Waals surface area contributed by atoms with Crippen LogP contribution >= 0.6 is 0 Å². The van der Waals surface area contributed by atoms with Gasteiger partial charge in [-0.3, -0.25) is 9.78 Å². The summed E-state index contributed by atoms with van der Waals surface area (Å²) in [5, 5.41) is 0.633. The van der Waals surface area contributed by atoms with Crippen molar-refractivity contribution < 1.29 is 0 Å². The van der Waals surface area contributed by atoms with Gasteiger partial charge in [0, 0.05) is 19.0 Å². The van der Waals surface area contributed by atoms with Crippen LogP contribution in [0.5, 0.6) is 0 Å². The minimum atomic E-state index is -0.0787. The summed E-state index contributed by atoms with van der Waals surface area (Å²) in [6.07, 6.45) is 1.96. The second kappa shape index (κ2) is 5.98. The molecule has 3 heterocycles. The van der Waals surface area contributed by atoms with Crippen LogP contribution in [0.15, 0.2) is 53.3 Å². The van der Waals surface area contributed by atoms with Gasteiger partial charge in [-0.05, 0) is 37.1 Å². The lowest BCUT2D eigenvalue weighted by Gasteiger charge is -2.31. The smallest absolute Gasteiger partial charge is 0.260 e. The van der Waals surface area contributed by atoms with Crippen LogP contribution in [0.4, 0.5) is 5.95 Å². The van der Waals surface area contributed by atoms with Crippen LogP contribution in [0, 0.1) is 0 Å². The molecule has 0 atom stereocenters. The first kappa shape index (κ1) is 15.1. The van der Waals surface area contributed by atoms with Crippen LogP contribution in [0.1, 0.15) is 24.6 Å². The van der Waals surface area contributed by atoms with E-state index in [9.17, 15) is 4.79 Å². The summed E-state index contributed by atoms with van der Waals surface area (Å²) in [5.41, 5.74) is 2.77. The fourth-order valence-corrected chi connectivity index (χ4v) is 3.75. The summed E-state index contributed by atoms with van der Waals surface area (Å²) >= 11 is 0. The number of fused-ring (bicyclic) bond motifs is 2. The molecule has 0 radical (unpaired) electrons. The van der Waals surface area contributed by atoms with Gasteiger partial charge in [0.05, 0.1) is 21.9 Å². The number of imidazole rings is 1. The molecular formula is C20H19N5O. The third-order valence-corrected chi connectivity index (χ3v) is 5.19. The van der Waals surface area contributed by atoms with E-state index >= 15 is 0 Å². The zero-order valence-electron chi connectivity index (χ0n) is 14.3. The van der Waals surface area contributed by atoms with Gasteiger partial charge >= 0.3 is 0 Å². The number of benzene rings is 2. The first-order chi connectivity index (χ1) is 12.8. The number of nitrogens with zero attached hydrogens (tertiary/aromatic N) is 3. The molecule has 0 saturated carbocycles. The second-order valence-corrected chi connectivity index (χ2v) is 6.81. The van der Waals surface area contributed by atoms with Crippen LogP contribution in [0.2, 0.25) is 0 Å². The molecule has 1 aliphatic rings. The van der Waals surface area contributed by atoms with Crippen LogP contribution in [0.3, 0.4) is 0 Å². The van der Waals surface area contributed by atoms with Crippen LogP contribution < -0.4 is 10.5 Å². The minimum Gasteiger partial charge on any atom is -0.342 e. The average Bonchev–Trinajstić information content (AvgIpc) is 3.12. The number of piperidine rings is 1. The lowest BCUT2D eigenvalue weighted by atomic mass is 9.96. The number of nitrogens with one attached hydrogen (secondary N) is 2. The molecule has 130 valence electrons. The Kier molecular flexibility index (Phi) is 3.48. The van der Waals surface area contributed by atoms with Crippen molar-refractivity contribution in [3.63, 3.8) is 0 Å². The van der Waals surface area contributed by atoms with E-state index in [1.165, 1.54) is 0 Å². The SMILES string of the molecule is O=c1[nH]c(N2CCC(c3nc4ccccc4[nH]3)CC2)nc2ccccc12. The van der Waals surface area contributed by atoms with Crippen molar-refractivity contribution in [2.24, 2.45) is 0 Å². The molecule has 5 rings (SSSR count). The van der Waals surface area contributed by atoms with Crippen molar-refractivity contribution in [1.82, 2.24) is 19.9 Å². The summed E-state index contributed by atoms with van der Waals surface area (Å²) in [6.45, 7) is 1.70. The van der Waals surface area contributed by atoms with Crippen molar-refractivity contribution >= 4 is 27.9 Å². The Bertz CT molecular complexity index is 1100. The minimum absolute atomic E-state index is 0.0787. The van der Waals surface area contributed by atoms with Crippen LogP contribution in [-0.2, 0) is 0 Å². The molecule has 1 aliphatic heterocycles. The Labute approximate surface area is 149 Å². The third kappa shape index (κ3) is 2.54. The maximum atomic E-state index is 12.3. The molecule has 0 bridgehead atoms. The Morgan fingerprint density at radius 2 is 1.62 bits per heavy atom. The highest BCUT2D eigenvalue weighted by atomic mass is 16.1. The molecule has 4 aromatic rings. The standard InChI is InChI=1S/C20H19N5O/c26-19-14-5-1-2-6-15(14)23-20(24-19)25-11-9-13(10-12-25)18-21-16-7-3-4-8-17(16)22-18/h1-8,13H,9-12H2,(H,21,22)(H,23,24,26). The number of anilines is 1. The second-order valence-electron chi connectivity index (χ2n) is 6.81. The van der Waals surface area contributed by atoms with Gasteiger partial charge in [-0.15, -0.1) is 0 Å². The van der Waals surface area contributed by atoms with E-state index in [2.05, 4.69) is 25.9 Å². The van der Waals surface area contributed by atoms with E-state index in [-0.39, 0.29) is 5.56 Å². The first-order valence-corrected chi connectivity index (χ1v) is 8.96. The number of hydrogen-bond donors (Lipinski definition) is 2. The topological polar surface area (TPSA) is 77.7 Å². The number of aromatic amines is 2. The molecule has 0 aliphatic carbocycles. The highest BCUT2D eigenvalue weighted by Gasteiger charge is 2.24. The molecule has 6 heteroatoms. The third-order valence-electron chi connectivity index (χ3n) is 5.19. The summed E-state index contributed by atoms with van der Waals surface area (Å²) in [5.74, 6) is 2.13. The van der Waals surface area contributed by atoms with E-state index in [1.807, 2.05) is 36.4 Å². The van der Waals surface area contributed by atoms with Gasteiger partial charge in [-0.25, -0.2) is 9.97 Å². The van der Waals surface area contributed by atoms with Gasteiger partial charge in [0.2, 0.25) is 5.95 Å². The quantitative estimate of drug-likeness (QED) is 0.585. The molecule has 1 fully saturated rings. The number of aromatic nitrogens is 4. The first-order valence-electron chi connectivity index (χ1n) is 8.96. The van der Waals surface area contributed by atoms with Crippen molar-refractivity contribution in [2.75, 3.05) is 18.0 Å². The molecule has 2 N–H and O–H groups in total. The molecule has 2 aromatic heterocycles. The van der Waals surface area contributed by atoms with E-state index in [4.69, 9.17) is 4.98 Å². The fourth-order valence-electron chi connectivity index (χ4n) is 3.75. The molecule has 26 heavy (non-hydrogen) atoms. The zero-order chi connectivity index (χ0) is 17.5. The number of rotatable bonds is 2. The normalized spacial score (nSPS) is 15.8. The lowest BCUT2D eigenvalue weighted by molar-refractivity contribution is 0.484. The summed E-state index contributed by atoms with van der Waals surface area (Å²) in [6, 6.07) is 15.6. The van der Waals surface area contributed by atoms with Gasteiger partial charge in [-0.1, -0.05) is 24.3 Å². The number of para-hydroxylation sites is 3. The van der Waals surface area contributed by atoms with E-state index in [0.29, 0.717) is 17.3 Å². The van der Waals surface area contributed by atoms with Crippen molar-refractivity contribution in [1.29, 1.82) is 0 Å². The van der Waals surface area contributed by atoms with E-state index < -0.39 is 0 Å². The maximum absolute atomic E-state index is 12.3. The fraction of sp³-hybridized carbons (Fsp3) is 0.250. The maximum Gasteiger partial charge on any atom is 0.260 e. The monoisotopic (exact) mass is 345 g/mol. The molecule has 0 amide bonds. The van der Waals surface area contributed by atoms with Crippen molar-refractivity contribution in [2.45, 2.75) is 18.8 Å². The molecular weight excluding hydrogens is 326 g/mol. The van der Waals surface area contributed by atoms with Crippen LogP contribution in [-0.4, -0.2) is 33.0 Å². The highest BCUT2D eigenvalue weighted by Crippen LogP contribution is 2.29. The van der Waals surface area contributed by atoms with E-state index in [1.54, 1.807) is 6.07 Å². The lowest BCUT2D eigenvalue weighted by Crippen LogP contribution is -2.35. The van der Waals surface area contributed by atoms with Gasteiger partial charge in [0.1, 0.15) is 5.82 Å². The summed E-state index contributed by atoms with van der Waals surface area (Å²) in [4.78, 5) is 30.2. The molecule has 1 saturated heterocycles. The van der Waals surface area contributed by atoms with Gasteiger partial charge < -0.3 is 9.88 Å².